The Hall–Kier alpha value is -1.63. The van der Waals surface area contributed by atoms with Crippen LogP contribution in [0.1, 0.15) is 18.4 Å². The van der Waals surface area contributed by atoms with E-state index in [1.165, 1.54) is 12.1 Å². The average Bonchev–Trinajstić information content (AvgIpc) is 2.54. The minimum atomic E-state index is -0.326. The van der Waals surface area contributed by atoms with Crippen molar-refractivity contribution >= 4 is 27.9 Å². The Balaban J connectivity index is 1.83. The molecule has 1 fully saturated rings. The second-order valence-corrected chi connectivity index (χ2v) is 6.75. The van der Waals surface area contributed by atoms with E-state index < -0.39 is 0 Å². The van der Waals surface area contributed by atoms with Gasteiger partial charge in [0.25, 0.3) is 0 Å². The molecule has 23 heavy (non-hydrogen) atoms. The lowest BCUT2D eigenvalue weighted by molar-refractivity contribution is -0.126. The zero-order valence-corrected chi connectivity index (χ0v) is 14.9. The number of benzene rings is 1. The van der Waals surface area contributed by atoms with Gasteiger partial charge in [-0.1, -0.05) is 15.9 Å². The summed E-state index contributed by atoms with van der Waals surface area (Å²) < 4.78 is 14.0. The molecule has 1 aliphatic rings. The van der Waals surface area contributed by atoms with Crippen molar-refractivity contribution in [3.63, 3.8) is 0 Å². The molecular weight excluding hydrogens is 365 g/mol. The molecule has 0 aromatic heterocycles. The normalized spacial score (nSPS) is 15.4. The van der Waals surface area contributed by atoms with Crippen LogP contribution in [0.3, 0.4) is 0 Å². The number of rotatable bonds is 3. The summed E-state index contributed by atoms with van der Waals surface area (Å²) >= 11 is 3.35. The van der Waals surface area contributed by atoms with Crippen LogP contribution in [0.2, 0.25) is 0 Å². The van der Waals surface area contributed by atoms with E-state index in [0.29, 0.717) is 31.5 Å². The molecule has 1 aromatic rings. The molecule has 7 heteroatoms. The maximum atomic E-state index is 13.2. The molecule has 3 amide bonds. The number of carbonyl (C=O) groups is 2. The summed E-state index contributed by atoms with van der Waals surface area (Å²) in [5, 5.41) is 2.85. The summed E-state index contributed by atoms with van der Waals surface area (Å²) in [5.41, 5.74) is 0.707. The maximum Gasteiger partial charge on any atom is 0.319 e. The highest BCUT2D eigenvalue weighted by molar-refractivity contribution is 9.10. The van der Waals surface area contributed by atoms with Gasteiger partial charge in [-0.25, -0.2) is 9.18 Å². The molecule has 2 rings (SSSR count). The first-order valence-electron chi connectivity index (χ1n) is 7.56. The molecule has 1 N–H and O–H groups in total. The summed E-state index contributed by atoms with van der Waals surface area (Å²) in [6, 6.07) is 4.38. The SMILES string of the molecule is CN(C)C(=O)N1CCC(C(=O)NCc2cc(F)ccc2Br)CC1. The second-order valence-electron chi connectivity index (χ2n) is 5.89. The minimum Gasteiger partial charge on any atom is -0.352 e. The first-order chi connectivity index (χ1) is 10.9. The Labute approximate surface area is 144 Å². The molecule has 0 unspecified atom stereocenters. The summed E-state index contributed by atoms with van der Waals surface area (Å²) in [4.78, 5) is 27.4. The van der Waals surface area contributed by atoms with Gasteiger partial charge in [-0.15, -0.1) is 0 Å². The van der Waals surface area contributed by atoms with E-state index in [4.69, 9.17) is 0 Å². The van der Waals surface area contributed by atoms with Gasteiger partial charge >= 0.3 is 6.03 Å². The Morgan fingerprint density at radius 2 is 2.00 bits per heavy atom. The number of hydrogen-bond acceptors (Lipinski definition) is 2. The lowest BCUT2D eigenvalue weighted by Crippen LogP contribution is -2.46. The quantitative estimate of drug-likeness (QED) is 0.869. The predicted octanol–water partition coefficient (Wildman–Crippen LogP) is 2.60. The molecule has 1 aliphatic heterocycles. The van der Waals surface area contributed by atoms with Crippen LogP contribution in [0, 0.1) is 11.7 Å². The highest BCUT2D eigenvalue weighted by atomic mass is 79.9. The Kier molecular flexibility index (Phi) is 5.98. The largest absolute Gasteiger partial charge is 0.352 e. The molecule has 5 nitrogen and oxygen atoms in total. The van der Waals surface area contributed by atoms with Crippen molar-refractivity contribution in [1.82, 2.24) is 15.1 Å². The molecule has 0 aliphatic carbocycles. The van der Waals surface area contributed by atoms with Crippen LogP contribution in [0.15, 0.2) is 22.7 Å². The van der Waals surface area contributed by atoms with Crippen LogP contribution >= 0.6 is 15.9 Å². The van der Waals surface area contributed by atoms with Gasteiger partial charge in [0.1, 0.15) is 5.82 Å². The summed E-state index contributed by atoms with van der Waals surface area (Å²) in [7, 11) is 3.44. The molecule has 0 atom stereocenters. The number of nitrogens with one attached hydrogen (secondary N) is 1. The van der Waals surface area contributed by atoms with Crippen molar-refractivity contribution in [3.8, 4) is 0 Å². The van der Waals surface area contributed by atoms with Gasteiger partial charge in [-0.2, -0.15) is 0 Å². The summed E-state index contributed by atoms with van der Waals surface area (Å²) in [6.45, 7) is 1.45. The lowest BCUT2D eigenvalue weighted by atomic mass is 9.96. The van der Waals surface area contributed by atoms with Crippen molar-refractivity contribution in [2.24, 2.45) is 5.92 Å². The average molecular weight is 386 g/mol. The van der Waals surface area contributed by atoms with Gasteiger partial charge < -0.3 is 15.1 Å². The predicted molar refractivity (Wildman–Crippen MR) is 89.3 cm³/mol. The molecule has 1 heterocycles. The Bertz CT molecular complexity index is 587. The molecule has 0 radical (unpaired) electrons. The van der Waals surface area contributed by atoms with Gasteiger partial charge in [-0.3, -0.25) is 4.79 Å². The zero-order chi connectivity index (χ0) is 17.0. The van der Waals surface area contributed by atoms with Gasteiger partial charge in [-0.05, 0) is 36.6 Å². The third kappa shape index (κ3) is 4.67. The number of hydrogen-bond donors (Lipinski definition) is 1. The van der Waals surface area contributed by atoms with Gasteiger partial charge in [0.15, 0.2) is 0 Å². The van der Waals surface area contributed by atoms with Crippen LogP contribution in [-0.4, -0.2) is 48.9 Å². The van der Waals surface area contributed by atoms with Gasteiger partial charge in [0.2, 0.25) is 5.91 Å². The fraction of sp³-hybridized carbons (Fsp3) is 0.500. The first-order valence-corrected chi connectivity index (χ1v) is 8.35. The minimum absolute atomic E-state index is 0.0208. The smallest absolute Gasteiger partial charge is 0.319 e. The molecule has 126 valence electrons. The number of piperidine rings is 1. The van der Waals surface area contributed by atoms with Crippen LogP contribution in [0.5, 0.6) is 0 Å². The molecule has 0 saturated carbocycles. The standard InChI is InChI=1S/C16H21BrFN3O2/c1-20(2)16(23)21-7-5-11(6-8-21)15(22)19-10-12-9-13(18)3-4-14(12)17/h3-4,9,11H,5-8,10H2,1-2H3,(H,19,22). The molecule has 1 saturated heterocycles. The first kappa shape index (κ1) is 17.7. The number of halogens is 2. The molecular formula is C16H21BrFN3O2. The van der Waals surface area contributed by atoms with Gasteiger partial charge in [0.05, 0.1) is 0 Å². The number of urea groups is 1. The van der Waals surface area contributed by atoms with Crippen LogP contribution < -0.4 is 5.32 Å². The second kappa shape index (κ2) is 7.77. The Morgan fingerprint density at radius 3 is 2.61 bits per heavy atom. The van der Waals surface area contributed by atoms with E-state index in [9.17, 15) is 14.0 Å². The van der Waals surface area contributed by atoms with Crippen molar-refractivity contribution in [2.75, 3.05) is 27.2 Å². The van der Waals surface area contributed by atoms with E-state index in [0.717, 1.165) is 4.47 Å². The van der Waals surface area contributed by atoms with E-state index >= 15 is 0 Å². The third-order valence-electron chi connectivity index (χ3n) is 3.98. The van der Waals surface area contributed by atoms with E-state index in [2.05, 4.69) is 21.2 Å². The fourth-order valence-corrected chi connectivity index (χ4v) is 3.01. The highest BCUT2D eigenvalue weighted by Crippen LogP contribution is 2.20. The molecule has 0 bridgehead atoms. The van der Waals surface area contributed by atoms with Crippen molar-refractivity contribution in [3.05, 3.63) is 34.1 Å². The van der Waals surface area contributed by atoms with Crippen LogP contribution in [0.4, 0.5) is 9.18 Å². The van der Waals surface area contributed by atoms with Crippen LogP contribution in [-0.2, 0) is 11.3 Å². The number of likely N-dealkylation sites (tertiary alicyclic amines) is 1. The lowest BCUT2D eigenvalue weighted by Gasteiger charge is -2.33. The van der Waals surface area contributed by atoms with Crippen molar-refractivity contribution in [2.45, 2.75) is 19.4 Å². The number of amides is 3. The Morgan fingerprint density at radius 1 is 1.35 bits per heavy atom. The monoisotopic (exact) mass is 385 g/mol. The van der Waals surface area contributed by atoms with Crippen LogP contribution in [0.25, 0.3) is 0 Å². The topological polar surface area (TPSA) is 52.7 Å². The van der Waals surface area contributed by atoms with E-state index in [-0.39, 0.29) is 30.2 Å². The maximum absolute atomic E-state index is 13.2. The number of carbonyl (C=O) groups excluding carboxylic acids is 2. The molecule has 0 spiro atoms. The van der Waals surface area contributed by atoms with Gasteiger partial charge in [0, 0.05) is 44.1 Å². The van der Waals surface area contributed by atoms with Crippen molar-refractivity contribution in [1.29, 1.82) is 0 Å². The highest BCUT2D eigenvalue weighted by Gasteiger charge is 2.27. The third-order valence-corrected chi connectivity index (χ3v) is 4.75. The zero-order valence-electron chi connectivity index (χ0n) is 13.3. The summed E-state index contributed by atoms with van der Waals surface area (Å²) in [5.74, 6) is -0.473. The van der Waals surface area contributed by atoms with E-state index in [1.807, 2.05) is 0 Å². The summed E-state index contributed by atoms with van der Waals surface area (Å²) in [6.07, 6.45) is 1.30. The number of nitrogens with zero attached hydrogens (tertiary/aromatic N) is 2. The van der Waals surface area contributed by atoms with Crippen molar-refractivity contribution < 1.29 is 14.0 Å². The fourth-order valence-electron chi connectivity index (χ4n) is 2.62. The van der Waals surface area contributed by atoms with E-state index in [1.54, 1.807) is 30.0 Å². The molecule has 1 aromatic carbocycles.